The summed E-state index contributed by atoms with van der Waals surface area (Å²) in [7, 11) is 0. The summed E-state index contributed by atoms with van der Waals surface area (Å²) in [4.78, 5) is 13.8. The van der Waals surface area contributed by atoms with Crippen LogP contribution in [0, 0.1) is 6.92 Å². The maximum Gasteiger partial charge on any atom is 0.257 e. The fraction of sp³-hybridized carbons (Fsp3) is 0.500. The average molecular weight is 478 g/mol. The van der Waals surface area contributed by atoms with Gasteiger partial charge in [-0.25, -0.2) is 18.7 Å². The summed E-state index contributed by atoms with van der Waals surface area (Å²) in [6.45, 7) is 6.68. The number of hydrogen-bond acceptors (Lipinski definition) is 7. The fourth-order valence-electron chi connectivity index (χ4n) is 4.49. The predicted octanol–water partition coefficient (Wildman–Crippen LogP) is 3.71. The Labute approximate surface area is 195 Å². The van der Waals surface area contributed by atoms with Crippen molar-refractivity contribution in [2.45, 2.75) is 32.4 Å². The Morgan fingerprint density at radius 2 is 2.03 bits per heavy atom. The van der Waals surface area contributed by atoms with Gasteiger partial charge in [-0.15, -0.1) is 0 Å². The minimum absolute atomic E-state index is 0.376. The van der Waals surface area contributed by atoms with Gasteiger partial charge in [0.2, 0.25) is 5.95 Å². The Balaban J connectivity index is 1.33. The third kappa shape index (κ3) is 4.73. The molecule has 33 heavy (non-hydrogen) atoms. The number of ether oxygens (including phenoxy) is 1. The summed E-state index contributed by atoms with van der Waals surface area (Å²) in [5.74, 6) is 0.376. The van der Waals surface area contributed by atoms with Crippen molar-refractivity contribution in [3.63, 3.8) is 0 Å². The number of benzene rings is 1. The SMILES string of the molecule is Cc1c(Nc2ncc3cc(Cl)c(N4CCN(C5CCOC5)CC4)cc3n2)cnn1CC(F)F. The molecule has 5 rings (SSSR count). The lowest BCUT2D eigenvalue weighted by Crippen LogP contribution is -2.50. The second-order valence-electron chi connectivity index (χ2n) is 8.44. The zero-order valence-corrected chi connectivity index (χ0v) is 19.1. The minimum atomic E-state index is -2.47. The molecule has 1 aromatic carbocycles. The Kier molecular flexibility index (Phi) is 6.31. The van der Waals surface area contributed by atoms with Crippen LogP contribution in [-0.4, -0.2) is 76.5 Å². The molecule has 2 aliphatic rings. The summed E-state index contributed by atoms with van der Waals surface area (Å²) in [5.41, 5.74) is 2.91. The van der Waals surface area contributed by atoms with Crippen LogP contribution in [-0.2, 0) is 11.3 Å². The molecule has 2 aliphatic heterocycles. The predicted molar refractivity (Wildman–Crippen MR) is 124 cm³/mol. The molecule has 2 aromatic heterocycles. The first-order valence-electron chi connectivity index (χ1n) is 11.1. The van der Waals surface area contributed by atoms with Crippen molar-refractivity contribution < 1.29 is 13.5 Å². The van der Waals surface area contributed by atoms with Crippen LogP contribution in [0.2, 0.25) is 5.02 Å². The molecule has 0 bridgehead atoms. The van der Waals surface area contributed by atoms with Gasteiger partial charge in [0.1, 0.15) is 6.54 Å². The number of hydrogen-bond donors (Lipinski definition) is 1. The van der Waals surface area contributed by atoms with Crippen LogP contribution in [0.15, 0.2) is 24.5 Å². The van der Waals surface area contributed by atoms with Gasteiger partial charge in [-0.3, -0.25) is 9.58 Å². The molecule has 11 heteroatoms. The first kappa shape index (κ1) is 22.2. The van der Waals surface area contributed by atoms with Crippen molar-refractivity contribution in [3.8, 4) is 0 Å². The smallest absolute Gasteiger partial charge is 0.257 e. The molecule has 8 nitrogen and oxygen atoms in total. The molecule has 1 unspecified atom stereocenters. The number of piperazine rings is 1. The summed E-state index contributed by atoms with van der Waals surface area (Å²) in [6, 6.07) is 4.40. The summed E-state index contributed by atoms with van der Waals surface area (Å²) in [5, 5.41) is 8.62. The van der Waals surface area contributed by atoms with E-state index in [1.807, 2.05) is 12.1 Å². The van der Waals surface area contributed by atoms with Gasteiger partial charge < -0.3 is 15.0 Å². The molecule has 176 valence electrons. The standard InChI is InChI=1S/C22H26ClF2N7O/c1-14-19(11-27-32(14)12-21(24)25)29-22-26-10-15-8-17(23)20(9-18(15)28-22)31-5-3-30(4-6-31)16-2-7-33-13-16/h8-11,16,21H,2-7,12-13H2,1H3,(H,26,28,29). The van der Waals surface area contributed by atoms with Crippen LogP contribution < -0.4 is 10.2 Å². The lowest BCUT2D eigenvalue weighted by molar-refractivity contribution is 0.121. The highest BCUT2D eigenvalue weighted by molar-refractivity contribution is 6.34. The van der Waals surface area contributed by atoms with Crippen LogP contribution in [0.5, 0.6) is 0 Å². The van der Waals surface area contributed by atoms with E-state index < -0.39 is 13.0 Å². The maximum atomic E-state index is 12.7. The largest absolute Gasteiger partial charge is 0.380 e. The summed E-state index contributed by atoms with van der Waals surface area (Å²) in [6.07, 6.45) is 1.85. The van der Waals surface area contributed by atoms with Gasteiger partial charge >= 0.3 is 0 Å². The minimum Gasteiger partial charge on any atom is -0.380 e. The lowest BCUT2D eigenvalue weighted by Gasteiger charge is -2.39. The molecule has 4 heterocycles. The second kappa shape index (κ2) is 9.36. The molecule has 0 radical (unpaired) electrons. The topological polar surface area (TPSA) is 71.3 Å². The Morgan fingerprint density at radius 3 is 2.76 bits per heavy atom. The Morgan fingerprint density at radius 1 is 1.21 bits per heavy atom. The normalized spacial score (nSPS) is 19.7. The molecule has 0 spiro atoms. The van der Waals surface area contributed by atoms with Crippen molar-refractivity contribution in [2.24, 2.45) is 0 Å². The molecule has 0 saturated carbocycles. The molecule has 2 fully saturated rings. The van der Waals surface area contributed by atoms with Gasteiger partial charge in [-0.1, -0.05) is 11.6 Å². The van der Waals surface area contributed by atoms with E-state index in [0.717, 1.165) is 62.4 Å². The molecule has 0 aliphatic carbocycles. The van der Waals surface area contributed by atoms with Crippen LogP contribution in [0.4, 0.5) is 26.1 Å². The number of aromatic nitrogens is 4. The molecule has 3 aromatic rings. The van der Waals surface area contributed by atoms with E-state index in [-0.39, 0.29) is 0 Å². The fourth-order valence-corrected chi connectivity index (χ4v) is 4.78. The quantitative estimate of drug-likeness (QED) is 0.580. The van der Waals surface area contributed by atoms with Crippen molar-refractivity contribution >= 4 is 39.8 Å². The first-order chi connectivity index (χ1) is 16.0. The summed E-state index contributed by atoms with van der Waals surface area (Å²) < 4.78 is 32.2. The summed E-state index contributed by atoms with van der Waals surface area (Å²) >= 11 is 6.62. The van der Waals surface area contributed by atoms with Gasteiger partial charge in [0.15, 0.2) is 0 Å². The zero-order chi connectivity index (χ0) is 22.9. The van der Waals surface area contributed by atoms with E-state index in [4.69, 9.17) is 16.3 Å². The van der Waals surface area contributed by atoms with Crippen LogP contribution in [0.25, 0.3) is 10.9 Å². The Hall–Kier alpha value is -2.56. The van der Waals surface area contributed by atoms with Crippen molar-refractivity contribution in [2.75, 3.05) is 49.6 Å². The Bertz CT molecular complexity index is 1130. The molecular formula is C22H26ClF2N7O. The number of rotatable bonds is 6. The number of anilines is 3. The van der Waals surface area contributed by atoms with Gasteiger partial charge in [0, 0.05) is 50.4 Å². The highest BCUT2D eigenvalue weighted by Gasteiger charge is 2.27. The van der Waals surface area contributed by atoms with E-state index in [1.54, 1.807) is 13.1 Å². The maximum absolute atomic E-state index is 12.7. The van der Waals surface area contributed by atoms with E-state index in [9.17, 15) is 8.78 Å². The molecule has 1 N–H and O–H groups in total. The van der Waals surface area contributed by atoms with E-state index in [1.165, 1.54) is 10.9 Å². The number of nitrogens with one attached hydrogen (secondary N) is 1. The average Bonchev–Trinajstić information content (AvgIpc) is 3.45. The molecular weight excluding hydrogens is 452 g/mol. The highest BCUT2D eigenvalue weighted by atomic mass is 35.5. The van der Waals surface area contributed by atoms with E-state index in [2.05, 4.69) is 30.2 Å². The number of alkyl halides is 2. The third-order valence-electron chi connectivity index (χ3n) is 6.39. The highest BCUT2D eigenvalue weighted by Crippen LogP contribution is 2.32. The van der Waals surface area contributed by atoms with Crippen LogP contribution in [0.1, 0.15) is 12.1 Å². The van der Waals surface area contributed by atoms with Crippen LogP contribution >= 0.6 is 11.6 Å². The monoisotopic (exact) mass is 477 g/mol. The molecule has 1 atom stereocenters. The zero-order valence-electron chi connectivity index (χ0n) is 18.3. The van der Waals surface area contributed by atoms with Crippen molar-refractivity contribution in [1.82, 2.24) is 24.6 Å². The number of halogens is 3. The van der Waals surface area contributed by atoms with Crippen LogP contribution in [0.3, 0.4) is 0 Å². The van der Waals surface area contributed by atoms with Gasteiger partial charge in [-0.2, -0.15) is 5.10 Å². The third-order valence-corrected chi connectivity index (χ3v) is 6.69. The van der Waals surface area contributed by atoms with Gasteiger partial charge in [0.25, 0.3) is 6.43 Å². The van der Waals surface area contributed by atoms with Gasteiger partial charge in [-0.05, 0) is 25.5 Å². The number of nitrogens with zero attached hydrogens (tertiary/aromatic N) is 6. The number of fused-ring (bicyclic) bond motifs is 1. The lowest BCUT2D eigenvalue weighted by atomic mass is 10.1. The van der Waals surface area contributed by atoms with E-state index in [0.29, 0.717) is 28.4 Å². The first-order valence-corrected chi connectivity index (χ1v) is 11.5. The second-order valence-corrected chi connectivity index (χ2v) is 8.85. The van der Waals surface area contributed by atoms with Crippen molar-refractivity contribution in [1.29, 1.82) is 0 Å². The molecule has 2 saturated heterocycles. The van der Waals surface area contributed by atoms with Crippen molar-refractivity contribution in [3.05, 3.63) is 35.2 Å². The van der Waals surface area contributed by atoms with Gasteiger partial charge in [0.05, 0.1) is 40.4 Å². The van der Waals surface area contributed by atoms with E-state index >= 15 is 0 Å². The molecule has 0 amide bonds.